The molecule has 124 valence electrons. The highest BCUT2D eigenvalue weighted by Crippen LogP contribution is 2.45. The van der Waals surface area contributed by atoms with Gasteiger partial charge in [0.15, 0.2) is 0 Å². The number of hydrogen-bond donors (Lipinski definition) is 0. The normalized spacial score (nSPS) is 31.8. The zero-order valence-electron chi connectivity index (χ0n) is 14.3. The first-order chi connectivity index (χ1) is 11.2. The second-order valence-electron chi connectivity index (χ2n) is 7.42. The lowest BCUT2D eigenvalue weighted by Crippen LogP contribution is -2.60. The quantitative estimate of drug-likeness (QED) is 0.801. The Balaban J connectivity index is 1.77. The summed E-state index contributed by atoms with van der Waals surface area (Å²) in [5.41, 5.74) is 3.97. The minimum Gasteiger partial charge on any atom is -0.497 e. The summed E-state index contributed by atoms with van der Waals surface area (Å²) in [4.78, 5) is 7.90. The third-order valence-electron chi connectivity index (χ3n) is 5.92. The minimum absolute atomic E-state index is 0.0388. The van der Waals surface area contributed by atoms with Gasteiger partial charge in [0.05, 0.1) is 18.9 Å². The van der Waals surface area contributed by atoms with Crippen LogP contribution < -0.4 is 4.74 Å². The van der Waals surface area contributed by atoms with Gasteiger partial charge < -0.3 is 9.57 Å². The number of hydrogen-bond acceptors (Lipinski definition) is 4. The number of fused-ring (bicyclic) bond motifs is 4. The molecule has 1 aliphatic heterocycles. The Hall–Kier alpha value is -1.55. The van der Waals surface area contributed by atoms with Crippen LogP contribution in [0.15, 0.2) is 23.4 Å². The molecule has 2 atom stereocenters. The number of methoxy groups -OCH3 is 1. The molecular formula is C19H26N2O2. The molecule has 2 unspecified atom stereocenters. The first kappa shape index (κ1) is 15.0. The van der Waals surface area contributed by atoms with Gasteiger partial charge in [0.25, 0.3) is 0 Å². The maximum absolute atomic E-state index is 5.46. The van der Waals surface area contributed by atoms with Gasteiger partial charge in [-0.1, -0.05) is 11.2 Å². The van der Waals surface area contributed by atoms with E-state index in [1.807, 2.05) is 0 Å². The maximum Gasteiger partial charge on any atom is 0.119 e. The first-order valence-electron chi connectivity index (χ1n) is 8.68. The molecule has 1 aromatic rings. The van der Waals surface area contributed by atoms with Gasteiger partial charge in [0, 0.05) is 18.5 Å². The van der Waals surface area contributed by atoms with Crippen LogP contribution in [0.25, 0.3) is 0 Å². The van der Waals surface area contributed by atoms with Crippen LogP contribution in [0.1, 0.15) is 37.3 Å². The molecule has 1 aromatic carbocycles. The first-order valence-corrected chi connectivity index (χ1v) is 8.68. The predicted molar refractivity (Wildman–Crippen MR) is 91.2 cm³/mol. The van der Waals surface area contributed by atoms with Crippen LogP contribution in [0, 0.1) is 5.92 Å². The Labute approximate surface area is 138 Å². The fraction of sp³-hybridized carbons (Fsp3) is 0.632. The molecule has 0 aromatic heterocycles. The van der Waals surface area contributed by atoms with E-state index in [-0.39, 0.29) is 5.41 Å². The van der Waals surface area contributed by atoms with Crippen molar-refractivity contribution in [3.63, 3.8) is 0 Å². The van der Waals surface area contributed by atoms with E-state index in [1.54, 1.807) is 14.2 Å². The Kier molecular flexibility index (Phi) is 3.60. The highest BCUT2D eigenvalue weighted by atomic mass is 16.6. The molecular weight excluding hydrogens is 288 g/mol. The molecule has 1 heterocycles. The molecule has 2 aliphatic carbocycles. The van der Waals surface area contributed by atoms with Gasteiger partial charge in [-0.05, 0) is 61.8 Å². The van der Waals surface area contributed by atoms with Crippen molar-refractivity contribution >= 4 is 5.71 Å². The second-order valence-corrected chi connectivity index (χ2v) is 7.42. The van der Waals surface area contributed by atoms with Crippen LogP contribution in [0.3, 0.4) is 0 Å². The standard InChI is InChI=1S/C19H26N2O2/c1-19-8-9-21(12-13-4-5-13)17(18(19)20-23-3)10-14-6-7-15(22-2)11-16(14)19/h6-7,11,13,17H,4-5,8-10,12H2,1-3H3/b20-18+. The molecule has 23 heavy (non-hydrogen) atoms. The number of likely N-dealkylation sites (tertiary alicyclic amines) is 1. The van der Waals surface area contributed by atoms with Gasteiger partial charge >= 0.3 is 0 Å². The van der Waals surface area contributed by atoms with E-state index in [0.29, 0.717) is 6.04 Å². The third-order valence-corrected chi connectivity index (χ3v) is 5.92. The van der Waals surface area contributed by atoms with Gasteiger partial charge in [-0.3, -0.25) is 4.90 Å². The lowest BCUT2D eigenvalue weighted by molar-refractivity contribution is 0.156. The summed E-state index contributed by atoms with van der Waals surface area (Å²) in [7, 11) is 3.40. The summed E-state index contributed by atoms with van der Waals surface area (Å²) >= 11 is 0. The molecule has 4 rings (SSSR count). The highest BCUT2D eigenvalue weighted by molar-refractivity contribution is 6.01. The molecule has 2 fully saturated rings. The van der Waals surface area contributed by atoms with Gasteiger partial charge in [0.2, 0.25) is 0 Å². The number of rotatable bonds is 4. The molecule has 1 saturated heterocycles. The summed E-state index contributed by atoms with van der Waals surface area (Å²) < 4.78 is 5.46. The average Bonchev–Trinajstić information content (AvgIpc) is 3.37. The van der Waals surface area contributed by atoms with Gasteiger partial charge in [-0.2, -0.15) is 0 Å². The fourth-order valence-corrected chi connectivity index (χ4v) is 4.38. The van der Waals surface area contributed by atoms with E-state index in [9.17, 15) is 0 Å². The number of oxime groups is 1. The molecule has 0 spiro atoms. The zero-order valence-corrected chi connectivity index (χ0v) is 14.3. The molecule has 0 amide bonds. The van der Waals surface area contributed by atoms with Crippen molar-refractivity contribution in [3.8, 4) is 5.75 Å². The molecule has 0 N–H and O–H groups in total. The van der Waals surface area contributed by atoms with E-state index < -0.39 is 0 Å². The minimum atomic E-state index is -0.0388. The Morgan fingerprint density at radius 3 is 2.83 bits per heavy atom. The van der Waals surface area contributed by atoms with E-state index in [1.165, 1.54) is 36.2 Å². The maximum atomic E-state index is 5.46. The van der Waals surface area contributed by atoms with Crippen LogP contribution in [0.2, 0.25) is 0 Å². The largest absolute Gasteiger partial charge is 0.497 e. The van der Waals surface area contributed by atoms with Crippen molar-refractivity contribution in [2.45, 2.75) is 44.1 Å². The van der Waals surface area contributed by atoms with Crippen LogP contribution >= 0.6 is 0 Å². The summed E-state index contributed by atoms with van der Waals surface area (Å²) in [5, 5.41) is 4.51. The highest BCUT2D eigenvalue weighted by Gasteiger charge is 2.49. The Morgan fingerprint density at radius 2 is 2.13 bits per heavy atom. The van der Waals surface area contributed by atoms with Crippen LogP contribution in [-0.2, 0) is 16.7 Å². The van der Waals surface area contributed by atoms with E-state index in [2.05, 4.69) is 35.2 Å². The molecule has 0 radical (unpaired) electrons. The van der Waals surface area contributed by atoms with Crippen LogP contribution in [0.4, 0.5) is 0 Å². The monoisotopic (exact) mass is 314 g/mol. The van der Waals surface area contributed by atoms with Crippen molar-refractivity contribution in [3.05, 3.63) is 29.3 Å². The summed E-state index contributed by atoms with van der Waals surface area (Å²) in [6.45, 7) is 4.69. The number of piperidine rings is 1. The van der Waals surface area contributed by atoms with Crippen molar-refractivity contribution < 1.29 is 9.57 Å². The average molecular weight is 314 g/mol. The fourth-order valence-electron chi connectivity index (χ4n) is 4.38. The number of ether oxygens (including phenoxy) is 1. The number of benzene rings is 1. The summed E-state index contributed by atoms with van der Waals surface area (Å²) in [5.74, 6) is 1.83. The smallest absolute Gasteiger partial charge is 0.119 e. The van der Waals surface area contributed by atoms with Crippen LogP contribution in [-0.4, -0.2) is 44.0 Å². The summed E-state index contributed by atoms with van der Waals surface area (Å²) in [6.07, 6.45) is 4.92. The molecule has 4 nitrogen and oxygen atoms in total. The molecule has 2 bridgehead atoms. The number of nitrogens with zero attached hydrogens (tertiary/aromatic N) is 2. The Bertz CT molecular complexity index is 638. The SMILES string of the molecule is CO/N=C1\C2Cc3ccc(OC)cc3C1(C)CCN2CC1CC1. The second kappa shape index (κ2) is 5.52. The van der Waals surface area contributed by atoms with Crippen molar-refractivity contribution in [1.29, 1.82) is 0 Å². The van der Waals surface area contributed by atoms with Crippen molar-refractivity contribution in [2.75, 3.05) is 27.3 Å². The van der Waals surface area contributed by atoms with Crippen LogP contribution in [0.5, 0.6) is 5.75 Å². The van der Waals surface area contributed by atoms with E-state index in [4.69, 9.17) is 9.57 Å². The Morgan fingerprint density at radius 1 is 1.30 bits per heavy atom. The van der Waals surface area contributed by atoms with E-state index in [0.717, 1.165) is 31.1 Å². The molecule has 3 aliphatic rings. The van der Waals surface area contributed by atoms with Gasteiger partial charge in [-0.15, -0.1) is 0 Å². The topological polar surface area (TPSA) is 34.1 Å². The lowest BCUT2D eigenvalue weighted by atomic mass is 9.63. The predicted octanol–water partition coefficient (Wildman–Crippen LogP) is 3.00. The van der Waals surface area contributed by atoms with Crippen molar-refractivity contribution in [2.24, 2.45) is 11.1 Å². The van der Waals surface area contributed by atoms with Gasteiger partial charge in [-0.25, -0.2) is 0 Å². The van der Waals surface area contributed by atoms with Crippen molar-refractivity contribution in [1.82, 2.24) is 4.90 Å². The summed E-state index contributed by atoms with van der Waals surface area (Å²) in [6, 6.07) is 6.91. The zero-order chi connectivity index (χ0) is 16.0. The molecule has 1 saturated carbocycles. The third kappa shape index (κ3) is 2.44. The van der Waals surface area contributed by atoms with E-state index >= 15 is 0 Å². The lowest BCUT2D eigenvalue weighted by Gasteiger charge is -2.50. The molecule has 4 heteroatoms. The van der Waals surface area contributed by atoms with Gasteiger partial charge in [0.1, 0.15) is 12.9 Å².